The molecule has 2 aromatic heterocycles. The standard InChI is InChI=1S/C12H13ClN4S/c1-3-14-12-16-7-8(2)10(17-12)18-11-9(13)5-4-6-15-11/h4-7H,3H2,1-2H3,(H,14,16,17). The SMILES string of the molecule is CCNc1ncc(C)c(Sc2ncccc2Cl)n1. The largest absolute Gasteiger partial charge is 0.354 e. The highest BCUT2D eigenvalue weighted by molar-refractivity contribution is 7.99. The lowest BCUT2D eigenvalue weighted by molar-refractivity contribution is 0.979. The summed E-state index contributed by atoms with van der Waals surface area (Å²) in [6.45, 7) is 4.76. The number of hydrogen-bond acceptors (Lipinski definition) is 5. The van der Waals surface area contributed by atoms with Crippen LogP contribution in [0, 0.1) is 6.92 Å². The van der Waals surface area contributed by atoms with Crippen molar-refractivity contribution in [3.8, 4) is 0 Å². The molecule has 0 aliphatic heterocycles. The number of nitrogens with one attached hydrogen (secondary N) is 1. The quantitative estimate of drug-likeness (QED) is 0.870. The van der Waals surface area contributed by atoms with Gasteiger partial charge >= 0.3 is 0 Å². The van der Waals surface area contributed by atoms with Crippen molar-refractivity contribution in [1.29, 1.82) is 0 Å². The zero-order valence-corrected chi connectivity index (χ0v) is 11.7. The lowest BCUT2D eigenvalue weighted by Crippen LogP contribution is -2.03. The van der Waals surface area contributed by atoms with Crippen LogP contribution < -0.4 is 5.32 Å². The van der Waals surface area contributed by atoms with Gasteiger partial charge in [0, 0.05) is 24.5 Å². The maximum absolute atomic E-state index is 6.09. The lowest BCUT2D eigenvalue weighted by Gasteiger charge is -2.07. The molecule has 6 heteroatoms. The van der Waals surface area contributed by atoms with Crippen LogP contribution in [0.15, 0.2) is 34.6 Å². The lowest BCUT2D eigenvalue weighted by atomic mass is 10.4. The maximum atomic E-state index is 6.09. The van der Waals surface area contributed by atoms with Gasteiger partial charge < -0.3 is 5.32 Å². The van der Waals surface area contributed by atoms with E-state index < -0.39 is 0 Å². The van der Waals surface area contributed by atoms with Crippen molar-refractivity contribution >= 4 is 29.3 Å². The van der Waals surface area contributed by atoms with Crippen LogP contribution in [-0.4, -0.2) is 21.5 Å². The Kier molecular flexibility index (Phi) is 4.38. The molecule has 4 nitrogen and oxygen atoms in total. The summed E-state index contributed by atoms with van der Waals surface area (Å²) in [6.07, 6.45) is 3.51. The summed E-state index contributed by atoms with van der Waals surface area (Å²) in [4.78, 5) is 12.9. The van der Waals surface area contributed by atoms with Crippen LogP contribution in [-0.2, 0) is 0 Å². The molecule has 0 aliphatic rings. The van der Waals surface area contributed by atoms with E-state index in [1.165, 1.54) is 11.8 Å². The van der Waals surface area contributed by atoms with Gasteiger partial charge in [-0.25, -0.2) is 15.0 Å². The van der Waals surface area contributed by atoms with Gasteiger partial charge in [0.25, 0.3) is 0 Å². The van der Waals surface area contributed by atoms with Crippen LogP contribution in [0.3, 0.4) is 0 Å². The average molecular weight is 281 g/mol. The van der Waals surface area contributed by atoms with E-state index >= 15 is 0 Å². The Labute approximate surface area is 115 Å². The van der Waals surface area contributed by atoms with Crippen molar-refractivity contribution in [2.24, 2.45) is 0 Å². The minimum atomic E-state index is 0.623. The molecule has 0 atom stereocenters. The first-order valence-corrected chi connectivity index (χ1v) is 6.76. The molecule has 0 saturated heterocycles. The maximum Gasteiger partial charge on any atom is 0.223 e. The normalized spacial score (nSPS) is 10.4. The number of pyridine rings is 1. The molecule has 1 N–H and O–H groups in total. The average Bonchev–Trinajstić information content (AvgIpc) is 2.36. The van der Waals surface area contributed by atoms with E-state index in [-0.39, 0.29) is 0 Å². The molecule has 18 heavy (non-hydrogen) atoms. The Hall–Kier alpha value is -1.33. The van der Waals surface area contributed by atoms with Crippen LogP contribution in [0.4, 0.5) is 5.95 Å². The highest BCUT2D eigenvalue weighted by Crippen LogP contribution is 2.31. The fourth-order valence-corrected chi connectivity index (χ4v) is 2.36. The second-order valence-electron chi connectivity index (χ2n) is 3.60. The van der Waals surface area contributed by atoms with Gasteiger partial charge in [0.1, 0.15) is 10.1 Å². The predicted octanol–water partition coefficient (Wildman–Crippen LogP) is 3.42. The van der Waals surface area contributed by atoms with Gasteiger partial charge in [-0.1, -0.05) is 11.6 Å². The summed E-state index contributed by atoms with van der Waals surface area (Å²) in [5.41, 5.74) is 1.00. The Balaban J connectivity index is 2.28. The summed E-state index contributed by atoms with van der Waals surface area (Å²) < 4.78 is 0. The number of anilines is 1. The Morgan fingerprint density at radius 1 is 1.33 bits per heavy atom. The minimum absolute atomic E-state index is 0.623. The van der Waals surface area contributed by atoms with Gasteiger partial charge in [0.05, 0.1) is 5.02 Å². The molecule has 0 aromatic carbocycles. The van der Waals surface area contributed by atoms with Crippen LogP contribution in [0.25, 0.3) is 0 Å². The van der Waals surface area contributed by atoms with Gasteiger partial charge in [-0.15, -0.1) is 0 Å². The van der Waals surface area contributed by atoms with E-state index in [2.05, 4.69) is 20.3 Å². The molecule has 0 fully saturated rings. The van der Waals surface area contributed by atoms with Crippen molar-refractivity contribution in [2.45, 2.75) is 23.9 Å². The topological polar surface area (TPSA) is 50.7 Å². The van der Waals surface area contributed by atoms with E-state index in [1.807, 2.05) is 26.0 Å². The van der Waals surface area contributed by atoms with Crippen molar-refractivity contribution < 1.29 is 0 Å². The second kappa shape index (κ2) is 6.02. The van der Waals surface area contributed by atoms with Gasteiger partial charge in [0.2, 0.25) is 5.95 Å². The summed E-state index contributed by atoms with van der Waals surface area (Å²) in [6, 6.07) is 3.63. The fraction of sp³-hybridized carbons (Fsp3) is 0.250. The van der Waals surface area contributed by atoms with Gasteiger partial charge in [-0.2, -0.15) is 0 Å². The first-order chi connectivity index (χ1) is 8.70. The number of aryl methyl sites for hydroxylation is 1. The highest BCUT2D eigenvalue weighted by atomic mass is 35.5. The predicted molar refractivity (Wildman–Crippen MR) is 74.3 cm³/mol. The highest BCUT2D eigenvalue weighted by Gasteiger charge is 2.09. The summed E-state index contributed by atoms with van der Waals surface area (Å²) in [7, 11) is 0. The molecule has 0 saturated carbocycles. The molecule has 2 rings (SSSR count). The smallest absolute Gasteiger partial charge is 0.223 e. The molecule has 0 radical (unpaired) electrons. The number of aromatic nitrogens is 3. The van der Waals surface area contributed by atoms with Crippen molar-refractivity contribution in [2.75, 3.05) is 11.9 Å². The van der Waals surface area contributed by atoms with E-state index in [4.69, 9.17) is 11.6 Å². The molecule has 2 aromatic rings. The Bertz CT molecular complexity index is 547. The summed E-state index contributed by atoms with van der Waals surface area (Å²) in [5, 5.41) is 5.33. The Morgan fingerprint density at radius 2 is 2.17 bits per heavy atom. The third kappa shape index (κ3) is 3.11. The fourth-order valence-electron chi connectivity index (χ4n) is 1.31. The second-order valence-corrected chi connectivity index (χ2v) is 4.99. The summed E-state index contributed by atoms with van der Waals surface area (Å²) >= 11 is 7.53. The molecule has 0 amide bonds. The van der Waals surface area contributed by atoms with Gasteiger partial charge in [0.15, 0.2) is 0 Å². The number of nitrogens with zero attached hydrogens (tertiary/aromatic N) is 3. The van der Waals surface area contributed by atoms with Crippen LogP contribution >= 0.6 is 23.4 Å². The third-order valence-corrected chi connectivity index (χ3v) is 3.72. The van der Waals surface area contributed by atoms with Crippen molar-refractivity contribution in [1.82, 2.24) is 15.0 Å². The zero-order valence-electron chi connectivity index (χ0n) is 10.1. The molecule has 0 bridgehead atoms. The molecular formula is C12H13ClN4S. The third-order valence-electron chi connectivity index (χ3n) is 2.18. The van der Waals surface area contributed by atoms with E-state index in [1.54, 1.807) is 12.4 Å². The number of halogens is 1. The molecule has 94 valence electrons. The van der Waals surface area contributed by atoms with Crippen LogP contribution in [0.5, 0.6) is 0 Å². The molecule has 0 unspecified atom stereocenters. The number of rotatable bonds is 4. The van der Waals surface area contributed by atoms with Gasteiger partial charge in [-0.05, 0) is 37.7 Å². The molecule has 0 aliphatic carbocycles. The van der Waals surface area contributed by atoms with Crippen LogP contribution in [0.2, 0.25) is 5.02 Å². The Morgan fingerprint density at radius 3 is 2.89 bits per heavy atom. The van der Waals surface area contributed by atoms with E-state index in [0.29, 0.717) is 11.0 Å². The molecule has 2 heterocycles. The minimum Gasteiger partial charge on any atom is -0.354 e. The molecule has 0 spiro atoms. The summed E-state index contributed by atoms with van der Waals surface area (Å²) in [5.74, 6) is 0.623. The number of hydrogen-bond donors (Lipinski definition) is 1. The van der Waals surface area contributed by atoms with Crippen molar-refractivity contribution in [3.63, 3.8) is 0 Å². The molecular weight excluding hydrogens is 268 g/mol. The van der Waals surface area contributed by atoms with Gasteiger partial charge in [-0.3, -0.25) is 0 Å². The van der Waals surface area contributed by atoms with E-state index in [0.717, 1.165) is 22.2 Å². The van der Waals surface area contributed by atoms with E-state index in [9.17, 15) is 0 Å². The first-order valence-electron chi connectivity index (χ1n) is 5.56. The zero-order chi connectivity index (χ0) is 13.0. The first kappa shape index (κ1) is 13.1. The van der Waals surface area contributed by atoms with Crippen molar-refractivity contribution in [3.05, 3.63) is 35.1 Å². The van der Waals surface area contributed by atoms with Crippen LogP contribution in [0.1, 0.15) is 12.5 Å². The monoisotopic (exact) mass is 280 g/mol.